The molecule has 4 heteroatoms. The largest absolute Gasteiger partial charge is 0.497 e. The van der Waals surface area contributed by atoms with Crippen LogP contribution in [0.15, 0.2) is 42.5 Å². The highest BCUT2D eigenvalue weighted by molar-refractivity contribution is 5.38. The van der Waals surface area contributed by atoms with Gasteiger partial charge in [0, 0.05) is 19.2 Å². The molecule has 2 aromatic rings. The highest BCUT2D eigenvalue weighted by atomic mass is 16.5. The van der Waals surface area contributed by atoms with Gasteiger partial charge in [-0.05, 0) is 30.2 Å². The van der Waals surface area contributed by atoms with E-state index in [0.29, 0.717) is 13.1 Å². The summed E-state index contributed by atoms with van der Waals surface area (Å²) in [5.41, 5.74) is 3.12. The first-order valence-corrected chi connectivity index (χ1v) is 7.29. The fourth-order valence-electron chi connectivity index (χ4n) is 2.32. The van der Waals surface area contributed by atoms with Gasteiger partial charge in [0.1, 0.15) is 11.5 Å². The van der Waals surface area contributed by atoms with E-state index in [1.807, 2.05) is 49.4 Å². The van der Waals surface area contributed by atoms with Crippen LogP contribution in [0.25, 0.3) is 0 Å². The number of hydrogen-bond acceptors (Lipinski definition) is 4. The number of aryl methyl sites for hydroxylation is 1. The molecule has 0 aliphatic rings. The fourth-order valence-corrected chi connectivity index (χ4v) is 2.32. The van der Waals surface area contributed by atoms with E-state index in [0.717, 1.165) is 28.2 Å². The number of benzene rings is 2. The zero-order valence-electron chi connectivity index (χ0n) is 13.3. The maximum Gasteiger partial charge on any atom is 0.122 e. The molecule has 0 aliphatic carbocycles. The second-order valence-electron chi connectivity index (χ2n) is 5.28. The van der Waals surface area contributed by atoms with Gasteiger partial charge in [-0.3, -0.25) is 0 Å². The van der Waals surface area contributed by atoms with Crippen LogP contribution in [0.5, 0.6) is 11.5 Å². The number of hydrogen-bond donors (Lipinski definition) is 2. The Morgan fingerprint density at radius 3 is 2.32 bits per heavy atom. The maximum absolute atomic E-state index is 10.2. The Labute approximate surface area is 131 Å². The molecule has 0 saturated heterocycles. The number of nitrogens with one attached hydrogen (secondary N) is 1. The van der Waals surface area contributed by atoms with Crippen LogP contribution in [0.1, 0.15) is 22.8 Å². The Hall–Kier alpha value is -2.04. The molecule has 2 N–H and O–H groups in total. The Bertz CT molecular complexity index is 591. The minimum absolute atomic E-state index is 0.489. The van der Waals surface area contributed by atoms with Crippen molar-refractivity contribution in [1.29, 1.82) is 0 Å². The number of aliphatic hydroxyl groups is 1. The van der Waals surface area contributed by atoms with E-state index in [1.165, 1.54) is 0 Å². The van der Waals surface area contributed by atoms with Gasteiger partial charge in [0.2, 0.25) is 0 Å². The van der Waals surface area contributed by atoms with Crippen molar-refractivity contribution in [3.05, 3.63) is 59.2 Å². The lowest BCUT2D eigenvalue weighted by atomic mass is 10.1. The fraction of sp³-hybridized carbons (Fsp3) is 0.333. The molecule has 1 unspecified atom stereocenters. The molecule has 2 rings (SSSR count). The van der Waals surface area contributed by atoms with Gasteiger partial charge < -0.3 is 19.9 Å². The van der Waals surface area contributed by atoms with Crippen LogP contribution in [0.4, 0.5) is 0 Å². The molecule has 0 bridgehead atoms. The molecule has 0 saturated carbocycles. The molecule has 0 radical (unpaired) electrons. The van der Waals surface area contributed by atoms with Gasteiger partial charge in [-0.25, -0.2) is 0 Å². The average molecular weight is 301 g/mol. The van der Waals surface area contributed by atoms with Crippen molar-refractivity contribution >= 4 is 0 Å². The molecule has 0 spiro atoms. The van der Waals surface area contributed by atoms with Crippen LogP contribution < -0.4 is 14.8 Å². The minimum atomic E-state index is -0.521. The van der Waals surface area contributed by atoms with Crippen LogP contribution in [0.3, 0.4) is 0 Å². The highest BCUT2D eigenvalue weighted by Crippen LogP contribution is 2.22. The Balaban J connectivity index is 1.93. The van der Waals surface area contributed by atoms with Crippen molar-refractivity contribution in [3.63, 3.8) is 0 Å². The molecule has 0 aliphatic heterocycles. The molecule has 1 atom stereocenters. The van der Waals surface area contributed by atoms with Crippen LogP contribution in [0.2, 0.25) is 0 Å². The second-order valence-corrected chi connectivity index (χ2v) is 5.28. The number of aliphatic hydroxyl groups excluding tert-OH is 1. The summed E-state index contributed by atoms with van der Waals surface area (Å²) in [7, 11) is 3.26. The first-order chi connectivity index (χ1) is 10.6. The van der Waals surface area contributed by atoms with E-state index in [-0.39, 0.29) is 0 Å². The van der Waals surface area contributed by atoms with Gasteiger partial charge in [-0.15, -0.1) is 0 Å². The van der Waals surface area contributed by atoms with Gasteiger partial charge in [0.15, 0.2) is 0 Å². The van der Waals surface area contributed by atoms with Gasteiger partial charge >= 0.3 is 0 Å². The van der Waals surface area contributed by atoms with Gasteiger partial charge in [-0.2, -0.15) is 0 Å². The summed E-state index contributed by atoms with van der Waals surface area (Å²) in [6, 6.07) is 13.7. The Morgan fingerprint density at radius 2 is 1.73 bits per heavy atom. The molecule has 22 heavy (non-hydrogen) atoms. The summed E-state index contributed by atoms with van der Waals surface area (Å²) in [6.45, 7) is 3.14. The molecule has 118 valence electrons. The molecular weight excluding hydrogens is 278 g/mol. The number of rotatable bonds is 7. The first kappa shape index (κ1) is 16.3. The van der Waals surface area contributed by atoms with Crippen molar-refractivity contribution in [3.8, 4) is 11.5 Å². The van der Waals surface area contributed by atoms with E-state index in [4.69, 9.17) is 9.47 Å². The van der Waals surface area contributed by atoms with Crippen LogP contribution >= 0.6 is 0 Å². The quantitative estimate of drug-likeness (QED) is 0.825. The van der Waals surface area contributed by atoms with Crippen molar-refractivity contribution in [2.75, 3.05) is 20.8 Å². The molecule has 0 amide bonds. The standard InChI is InChI=1S/C18H23NO3/c1-13-5-4-6-15(7-13)18(20)12-19-11-14-8-16(21-2)10-17(9-14)22-3/h4-10,18-20H,11-12H2,1-3H3. The molecule has 0 fully saturated rings. The summed E-state index contributed by atoms with van der Waals surface area (Å²) in [4.78, 5) is 0. The lowest BCUT2D eigenvalue weighted by Crippen LogP contribution is -2.21. The topological polar surface area (TPSA) is 50.7 Å². The number of methoxy groups -OCH3 is 2. The lowest BCUT2D eigenvalue weighted by Gasteiger charge is -2.14. The van der Waals surface area contributed by atoms with E-state index in [2.05, 4.69) is 5.32 Å². The van der Waals surface area contributed by atoms with E-state index < -0.39 is 6.10 Å². The molecule has 2 aromatic carbocycles. The SMILES string of the molecule is COc1cc(CNCC(O)c2cccc(C)c2)cc(OC)c1. The maximum atomic E-state index is 10.2. The predicted molar refractivity (Wildman–Crippen MR) is 87.4 cm³/mol. The summed E-state index contributed by atoms with van der Waals surface area (Å²) < 4.78 is 10.5. The number of ether oxygens (including phenoxy) is 2. The van der Waals surface area contributed by atoms with E-state index in [1.54, 1.807) is 14.2 Å². The van der Waals surface area contributed by atoms with E-state index >= 15 is 0 Å². The van der Waals surface area contributed by atoms with Crippen molar-refractivity contribution in [1.82, 2.24) is 5.32 Å². The van der Waals surface area contributed by atoms with E-state index in [9.17, 15) is 5.11 Å². The summed E-state index contributed by atoms with van der Waals surface area (Å²) in [5, 5.41) is 13.5. The molecule has 0 aromatic heterocycles. The second kappa shape index (κ2) is 7.82. The molecular formula is C18H23NO3. The minimum Gasteiger partial charge on any atom is -0.497 e. The van der Waals surface area contributed by atoms with Gasteiger partial charge in [0.25, 0.3) is 0 Å². The summed E-state index contributed by atoms with van der Waals surface area (Å²) in [6.07, 6.45) is -0.521. The van der Waals surface area contributed by atoms with Crippen LogP contribution in [-0.2, 0) is 6.54 Å². The Morgan fingerprint density at radius 1 is 1.05 bits per heavy atom. The first-order valence-electron chi connectivity index (χ1n) is 7.29. The monoisotopic (exact) mass is 301 g/mol. The Kier molecular flexibility index (Phi) is 5.81. The average Bonchev–Trinajstić information content (AvgIpc) is 2.54. The third-order valence-corrected chi connectivity index (χ3v) is 3.50. The summed E-state index contributed by atoms with van der Waals surface area (Å²) >= 11 is 0. The van der Waals surface area contributed by atoms with Gasteiger partial charge in [-0.1, -0.05) is 29.8 Å². The van der Waals surface area contributed by atoms with Gasteiger partial charge in [0.05, 0.1) is 20.3 Å². The lowest BCUT2D eigenvalue weighted by molar-refractivity contribution is 0.174. The third-order valence-electron chi connectivity index (χ3n) is 3.50. The van der Waals surface area contributed by atoms with Crippen molar-refractivity contribution < 1.29 is 14.6 Å². The highest BCUT2D eigenvalue weighted by Gasteiger charge is 2.08. The molecule has 4 nitrogen and oxygen atoms in total. The van der Waals surface area contributed by atoms with Crippen molar-refractivity contribution in [2.24, 2.45) is 0 Å². The smallest absolute Gasteiger partial charge is 0.122 e. The summed E-state index contributed by atoms with van der Waals surface area (Å²) in [5.74, 6) is 1.52. The third kappa shape index (κ3) is 4.48. The van der Waals surface area contributed by atoms with Crippen LogP contribution in [-0.4, -0.2) is 25.9 Å². The zero-order valence-corrected chi connectivity index (χ0v) is 13.3. The predicted octanol–water partition coefficient (Wildman–Crippen LogP) is 2.84. The zero-order chi connectivity index (χ0) is 15.9. The normalized spacial score (nSPS) is 12.0. The van der Waals surface area contributed by atoms with Crippen LogP contribution in [0, 0.1) is 6.92 Å². The molecule has 0 heterocycles. The van der Waals surface area contributed by atoms with Crippen molar-refractivity contribution in [2.45, 2.75) is 19.6 Å².